The van der Waals surface area contributed by atoms with Crippen molar-refractivity contribution in [1.82, 2.24) is 0 Å². The van der Waals surface area contributed by atoms with Gasteiger partial charge < -0.3 is 4.79 Å². The lowest BCUT2D eigenvalue weighted by Gasteiger charge is -1.88. The molecule has 0 aromatic carbocycles. The molecular weight excluding hydrogens is 138 g/mol. The van der Waals surface area contributed by atoms with E-state index in [4.69, 9.17) is 0 Å². The number of nitrogens with zero attached hydrogens (tertiary/aromatic N) is 1. The Morgan fingerprint density at radius 2 is 2.36 bits per heavy atom. The van der Waals surface area contributed by atoms with E-state index in [1.54, 1.807) is 12.3 Å². The minimum Gasteiger partial charge on any atom is -0.303 e. The first-order valence-corrected chi connectivity index (χ1v) is 3.62. The van der Waals surface area contributed by atoms with Crippen LogP contribution >= 0.6 is 0 Å². The van der Waals surface area contributed by atoms with E-state index >= 15 is 0 Å². The third kappa shape index (κ3) is 5.27. The standard InChI is InChI=1S/C9H13NO/c1-3-5-7-10-9(4-2)6-8-11/h4-5,7-8H,2-3,6H2,1H3/b7-5-,10-9?. The van der Waals surface area contributed by atoms with E-state index in [0.717, 1.165) is 12.7 Å². The highest BCUT2D eigenvalue weighted by atomic mass is 16.1. The zero-order valence-corrected chi connectivity index (χ0v) is 6.79. The van der Waals surface area contributed by atoms with Crippen LogP contribution in [0.15, 0.2) is 29.9 Å². The number of aliphatic imine (C=N–C) groups is 1. The number of rotatable bonds is 5. The summed E-state index contributed by atoms with van der Waals surface area (Å²) < 4.78 is 0. The van der Waals surface area contributed by atoms with Crippen LogP contribution in [-0.2, 0) is 4.79 Å². The third-order valence-corrected chi connectivity index (χ3v) is 1.11. The largest absolute Gasteiger partial charge is 0.303 e. The van der Waals surface area contributed by atoms with E-state index in [9.17, 15) is 4.79 Å². The van der Waals surface area contributed by atoms with E-state index in [0.29, 0.717) is 12.1 Å². The molecule has 0 unspecified atom stereocenters. The van der Waals surface area contributed by atoms with Crippen molar-refractivity contribution in [2.24, 2.45) is 4.99 Å². The van der Waals surface area contributed by atoms with Crippen molar-refractivity contribution >= 4 is 12.0 Å². The van der Waals surface area contributed by atoms with E-state index in [1.807, 2.05) is 13.0 Å². The normalized spacial score (nSPS) is 11.9. The lowest BCUT2D eigenvalue weighted by molar-refractivity contribution is -0.106. The minimum absolute atomic E-state index is 0.345. The first-order valence-electron chi connectivity index (χ1n) is 3.62. The maximum atomic E-state index is 10.1. The second kappa shape index (κ2) is 6.93. The van der Waals surface area contributed by atoms with Crippen LogP contribution in [-0.4, -0.2) is 12.0 Å². The van der Waals surface area contributed by atoms with Gasteiger partial charge in [-0.1, -0.05) is 19.6 Å². The Labute approximate surface area is 67.3 Å². The molecule has 2 heteroatoms. The van der Waals surface area contributed by atoms with Crippen molar-refractivity contribution in [3.05, 3.63) is 24.9 Å². The van der Waals surface area contributed by atoms with Crippen molar-refractivity contribution in [2.75, 3.05) is 0 Å². The lowest BCUT2D eigenvalue weighted by Crippen LogP contribution is -1.91. The molecule has 0 spiro atoms. The molecule has 2 nitrogen and oxygen atoms in total. The molecule has 0 saturated carbocycles. The Morgan fingerprint density at radius 3 is 2.82 bits per heavy atom. The number of hydrogen-bond donors (Lipinski definition) is 0. The van der Waals surface area contributed by atoms with Crippen molar-refractivity contribution in [1.29, 1.82) is 0 Å². The second-order valence-electron chi connectivity index (χ2n) is 1.99. The Balaban J connectivity index is 3.99. The van der Waals surface area contributed by atoms with Gasteiger partial charge in [0.15, 0.2) is 0 Å². The van der Waals surface area contributed by atoms with Gasteiger partial charge in [-0.25, -0.2) is 0 Å². The number of allylic oxidation sites excluding steroid dienone is 2. The van der Waals surface area contributed by atoms with Gasteiger partial charge in [-0.05, 0) is 12.5 Å². The molecule has 0 fully saturated rings. The minimum atomic E-state index is 0.345. The summed E-state index contributed by atoms with van der Waals surface area (Å²) >= 11 is 0. The molecule has 0 aromatic heterocycles. The highest BCUT2D eigenvalue weighted by Crippen LogP contribution is 1.88. The van der Waals surface area contributed by atoms with Crippen molar-refractivity contribution in [2.45, 2.75) is 19.8 Å². The van der Waals surface area contributed by atoms with E-state index < -0.39 is 0 Å². The second-order valence-corrected chi connectivity index (χ2v) is 1.99. The molecule has 0 radical (unpaired) electrons. The first-order chi connectivity index (χ1) is 5.35. The van der Waals surface area contributed by atoms with Gasteiger partial charge >= 0.3 is 0 Å². The van der Waals surface area contributed by atoms with Gasteiger partial charge in [0.25, 0.3) is 0 Å². The molecule has 0 aromatic rings. The SMILES string of the molecule is C=CC(CC=O)=N/C=C\CC. The van der Waals surface area contributed by atoms with Gasteiger partial charge in [0.1, 0.15) is 6.29 Å². The van der Waals surface area contributed by atoms with E-state index in [1.165, 1.54) is 0 Å². The summed E-state index contributed by atoms with van der Waals surface area (Å²) in [6, 6.07) is 0. The number of carbonyl (C=O) groups excluding carboxylic acids is 1. The molecule has 60 valence electrons. The Bertz CT molecular complexity index is 180. The Hall–Kier alpha value is -1.18. The van der Waals surface area contributed by atoms with Gasteiger partial charge in [-0.15, -0.1) is 0 Å². The van der Waals surface area contributed by atoms with Crippen LogP contribution in [0.5, 0.6) is 0 Å². The van der Waals surface area contributed by atoms with Crippen LogP contribution in [0.2, 0.25) is 0 Å². The van der Waals surface area contributed by atoms with Crippen LogP contribution in [0.25, 0.3) is 0 Å². The molecule has 0 bridgehead atoms. The summed E-state index contributed by atoms with van der Waals surface area (Å²) in [5.74, 6) is 0. The molecule has 0 aliphatic carbocycles. The zero-order valence-electron chi connectivity index (χ0n) is 6.79. The summed E-state index contributed by atoms with van der Waals surface area (Å²) in [5, 5.41) is 0. The molecule has 0 saturated heterocycles. The van der Waals surface area contributed by atoms with Crippen LogP contribution in [0.1, 0.15) is 19.8 Å². The smallest absolute Gasteiger partial charge is 0.125 e. The average molecular weight is 151 g/mol. The Kier molecular flexibility index (Phi) is 6.19. The van der Waals surface area contributed by atoms with Gasteiger partial charge in [0.05, 0.1) is 0 Å². The molecule has 11 heavy (non-hydrogen) atoms. The fraction of sp³-hybridized carbons (Fsp3) is 0.333. The first kappa shape index (κ1) is 9.82. The quantitative estimate of drug-likeness (QED) is 0.437. The van der Waals surface area contributed by atoms with Crippen LogP contribution in [0.4, 0.5) is 0 Å². The van der Waals surface area contributed by atoms with Crippen LogP contribution < -0.4 is 0 Å². The molecule has 0 aliphatic heterocycles. The summed E-state index contributed by atoms with van der Waals surface area (Å²) in [5.41, 5.74) is 0.713. The third-order valence-electron chi connectivity index (χ3n) is 1.11. The number of carbonyl (C=O) groups is 1. The highest BCUT2D eigenvalue weighted by Gasteiger charge is 1.87. The predicted molar refractivity (Wildman–Crippen MR) is 47.7 cm³/mol. The predicted octanol–water partition coefficient (Wildman–Crippen LogP) is 2.13. The molecule has 0 N–H and O–H groups in total. The van der Waals surface area contributed by atoms with Crippen LogP contribution in [0, 0.1) is 0 Å². The summed E-state index contributed by atoms with van der Waals surface area (Å²) in [4.78, 5) is 14.1. The molecular formula is C9H13NO. The highest BCUT2D eigenvalue weighted by molar-refractivity contribution is 6.02. The zero-order chi connectivity index (χ0) is 8.53. The molecule has 0 aliphatic rings. The summed E-state index contributed by atoms with van der Waals surface area (Å²) in [6.45, 7) is 5.56. The average Bonchev–Trinajstić information content (AvgIpc) is 2.03. The van der Waals surface area contributed by atoms with Crippen molar-refractivity contribution in [3.8, 4) is 0 Å². The maximum absolute atomic E-state index is 10.1. The fourth-order valence-electron chi connectivity index (χ4n) is 0.528. The van der Waals surface area contributed by atoms with Gasteiger partial charge in [-0.2, -0.15) is 0 Å². The van der Waals surface area contributed by atoms with Gasteiger partial charge in [-0.3, -0.25) is 4.99 Å². The fourth-order valence-corrected chi connectivity index (χ4v) is 0.528. The summed E-state index contributed by atoms with van der Waals surface area (Å²) in [7, 11) is 0. The van der Waals surface area contributed by atoms with Crippen molar-refractivity contribution < 1.29 is 4.79 Å². The lowest BCUT2D eigenvalue weighted by atomic mass is 10.3. The van der Waals surface area contributed by atoms with E-state index in [-0.39, 0.29) is 0 Å². The molecule has 0 amide bonds. The molecule has 0 rings (SSSR count). The molecule has 0 heterocycles. The summed E-state index contributed by atoms with van der Waals surface area (Å²) in [6.07, 6.45) is 7.33. The van der Waals surface area contributed by atoms with Crippen LogP contribution in [0.3, 0.4) is 0 Å². The number of aldehydes is 1. The monoisotopic (exact) mass is 151 g/mol. The van der Waals surface area contributed by atoms with E-state index in [2.05, 4.69) is 11.6 Å². The Morgan fingerprint density at radius 1 is 1.64 bits per heavy atom. The van der Waals surface area contributed by atoms with Gasteiger partial charge in [0.2, 0.25) is 0 Å². The topological polar surface area (TPSA) is 29.4 Å². The maximum Gasteiger partial charge on any atom is 0.125 e. The number of hydrogen-bond acceptors (Lipinski definition) is 2. The molecule has 0 atom stereocenters. The van der Waals surface area contributed by atoms with Crippen molar-refractivity contribution in [3.63, 3.8) is 0 Å². The van der Waals surface area contributed by atoms with Gasteiger partial charge in [0, 0.05) is 18.3 Å².